The van der Waals surface area contributed by atoms with Crippen molar-refractivity contribution in [1.82, 2.24) is 4.67 Å². The molecule has 0 saturated carbocycles. The number of hydrogen-bond donors (Lipinski definition) is 0. The van der Waals surface area contributed by atoms with Gasteiger partial charge in [-0.2, -0.15) is 0 Å². The van der Waals surface area contributed by atoms with E-state index in [2.05, 4.69) is 4.67 Å². The Morgan fingerprint density at radius 1 is 1.31 bits per heavy atom. The van der Waals surface area contributed by atoms with Gasteiger partial charge < -0.3 is 13.8 Å². The van der Waals surface area contributed by atoms with Crippen molar-refractivity contribution in [3.63, 3.8) is 0 Å². The number of nitrogens with zero attached hydrogens (tertiary/aromatic N) is 2. The molecule has 0 N–H and O–H groups in total. The molecule has 2 aliphatic rings. The smallest absolute Gasteiger partial charge is 0.266 e. The van der Waals surface area contributed by atoms with Gasteiger partial charge in [-0.25, -0.2) is 4.67 Å². The minimum Gasteiger partial charge on any atom is -0.379 e. The summed E-state index contributed by atoms with van der Waals surface area (Å²) in [6, 6.07) is 0. The summed E-state index contributed by atoms with van der Waals surface area (Å²) in [7, 11) is -1.12. The molecule has 2 rings (SSSR count). The molecule has 0 aromatic carbocycles. The molecule has 2 heterocycles. The summed E-state index contributed by atoms with van der Waals surface area (Å²) in [6.07, 6.45) is 0. The van der Waals surface area contributed by atoms with Crippen molar-refractivity contribution in [1.29, 1.82) is 0 Å². The van der Waals surface area contributed by atoms with Crippen molar-refractivity contribution in [2.45, 2.75) is 12.5 Å². The molecule has 0 bridgehead atoms. The van der Waals surface area contributed by atoms with Crippen LogP contribution in [0.4, 0.5) is 0 Å². The fourth-order valence-corrected chi connectivity index (χ4v) is 3.12. The van der Waals surface area contributed by atoms with Gasteiger partial charge in [0.1, 0.15) is 13.2 Å². The van der Waals surface area contributed by atoms with Crippen LogP contribution < -0.4 is 0 Å². The van der Waals surface area contributed by atoms with Crippen LogP contribution >= 0.6 is 8.53 Å². The van der Waals surface area contributed by atoms with Gasteiger partial charge in [-0.3, -0.25) is 10.1 Å². The molecule has 16 heavy (non-hydrogen) atoms. The van der Waals surface area contributed by atoms with E-state index in [0.29, 0.717) is 13.2 Å². The average molecular weight is 250 g/mol. The minimum absolute atomic E-state index is 0.114. The first-order valence-corrected chi connectivity index (χ1v) is 6.28. The lowest BCUT2D eigenvalue weighted by Crippen LogP contribution is -2.48. The lowest BCUT2D eigenvalue weighted by atomic mass is 10.1. The molecular weight excluding hydrogens is 235 g/mol. The third kappa shape index (κ3) is 2.49. The van der Waals surface area contributed by atoms with Crippen LogP contribution in [0.25, 0.3) is 0 Å². The third-order valence-electron chi connectivity index (χ3n) is 2.63. The van der Waals surface area contributed by atoms with Gasteiger partial charge in [-0.15, -0.1) is 0 Å². The summed E-state index contributed by atoms with van der Waals surface area (Å²) in [6.45, 7) is 4.63. The maximum Gasteiger partial charge on any atom is 0.266 e. The number of morpholine rings is 1. The van der Waals surface area contributed by atoms with E-state index in [0.717, 1.165) is 13.1 Å². The van der Waals surface area contributed by atoms with E-state index in [1.807, 2.05) is 0 Å². The maximum absolute atomic E-state index is 10.8. The van der Waals surface area contributed by atoms with Crippen molar-refractivity contribution in [2.24, 2.45) is 0 Å². The van der Waals surface area contributed by atoms with Crippen molar-refractivity contribution in [2.75, 3.05) is 39.5 Å². The van der Waals surface area contributed by atoms with Gasteiger partial charge in [0.05, 0.1) is 13.2 Å². The molecule has 2 saturated heterocycles. The fraction of sp³-hybridized carbons (Fsp3) is 1.00. The van der Waals surface area contributed by atoms with Crippen LogP contribution in [0.15, 0.2) is 0 Å². The van der Waals surface area contributed by atoms with E-state index in [9.17, 15) is 10.1 Å². The Hall–Kier alpha value is -0.330. The molecule has 7 nitrogen and oxygen atoms in total. The van der Waals surface area contributed by atoms with Crippen molar-refractivity contribution >= 4 is 8.53 Å². The van der Waals surface area contributed by atoms with Crippen LogP contribution in [0.5, 0.6) is 0 Å². The monoisotopic (exact) mass is 250 g/mol. The van der Waals surface area contributed by atoms with Crippen molar-refractivity contribution < 1.29 is 18.7 Å². The fourth-order valence-electron chi connectivity index (χ4n) is 1.45. The summed E-state index contributed by atoms with van der Waals surface area (Å²) in [5.41, 5.74) is -1.11. The molecule has 92 valence electrons. The highest BCUT2D eigenvalue weighted by Crippen LogP contribution is 2.47. The largest absolute Gasteiger partial charge is 0.379 e. The molecule has 0 unspecified atom stereocenters. The van der Waals surface area contributed by atoms with Crippen LogP contribution in [-0.4, -0.2) is 54.6 Å². The highest BCUT2D eigenvalue weighted by atomic mass is 31.2. The Morgan fingerprint density at radius 2 is 1.88 bits per heavy atom. The normalized spacial score (nSPS) is 37.2. The van der Waals surface area contributed by atoms with E-state index in [1.54, 1.807) is 6.92 Å². The molecule has 0 aromatic rings. The number of hydrogen-bond acceptors (Lipinski definition) is 6. The third-order valence-corrected chi connectivity index (χ3v) is 4.19. The summed E-state index contributed by atoms with van der Waals surface area (Å²) in [4.78, 5) is 10.4. The molecule has 2 fully saturated rings. The lowest BCUT2D eigenvalue weighted by Gasteiger charge is -2.37. The van der Waals surface area contributed by atoms with Gasteiger partial charge >= 0.3 is 0 Å². The van der Waals surface area contributed by atoms with Crippen LogP contribution in [0.2, 0.25) is 0 Å². The van der Waals surface area contributed by atoms with E-state index in [-0.39, 0.29) is 18.1 Å². The molecule has 0 spiro atoms. The highest BCUT2D eigenvalue weighted by molar-refractivity contribution is 7.44. The van der Waals surface area contributed by atoms with Gasteiger partial charge in [0.25, 0.3) is 14.1 Å². The van der Waals surface area contributed by atoms with Crippen LogP contribution in [-0.2, 0) is 13.8 Å². The molecule has 2 aliphatic heterocycles. The first-order chi connectivity index (χ1) is 7.62. The number of nitro groups is 1. The standard InChI is InChI=1S/C8H15N2O5P/c1-8(10(11)12)6-14-16(15-7-8)9-2-4-13-5-3-9/h2-7H2,1H3. The van der Waals surface area contributed by atoms with Crippen molar-refractivity contribution in [3.8, 4) is 0 Å². The van der Waals surface area contributed by atoms with Gasteiger partial charge in [0.15, 0.2) is 0 Å². The summed E-state index contributed by atoms with van der Waals surface area (Å²) in [5.74, 6) is 0. The molecule has 0 atom stereocenters. The predicted octanol–water partition coefficient (Wildman–Crippen LogP) is 0.628. The molecule has 0 amide bonds. The maximum atomic E-state index is 10.8. The van der Waals surface area contributed by atoms with E-state index in [1.165, 1.54) is 0 Å². The zero-order valence-corrected chi connectivity index (χ0v) is 10.0. The van der Waals surface area contributed by atoms with Gasteiger partial charge in [0, 0.05) is 24.9 Å². The van der Waals surface area contributed by atoms with Crippen LogP contribution in [0.3, 0.4) is 0 Å². The quantitative estimate of drug-likeness (QED) is 0.406. The zero-order valence-electron chi connectivity index (χ0n) is 9.13. The second-order valence-corrected chi connectivity index (χ2v) is 5.66. The SMILES string of the molecule is CC1([N+](=O)[O-])COP(N2CCOCC2)OC1. The molecule has 0 radical (unpaired) electrons. The van der Waals surface area contributed by atoms with E-state index < -0.39 is 14.1 Å². The molecule has 8 heteroatoms. The average Bonchev–Trinajstić information content (AvgIpc) is 2.31. The second-order valence-electron chi connectivity index (χ2n) is 4.10. The van der Waals surface area contributed by atoms with Crippen molar-refractivity contribution in [3.05, 3.63) is 10.1 Å². The lowest BCUT2D eigenvalue weighted by molar-refractivity contribution is -0.572. The number of rotatable bonds is 2. The Morgan fingerprint density at radius 3 is 2.38 bits per heavy atom. The van der Waals surface area contributed by atoms with Gasteiger partial charge in [0.2, 0.25) is 0 Å². The summed E-state index contributed by atoms with van der Waals surface area (Å²) >= 11 is 0. The Labute approximate surface area is 94.8 Å². The topological polar surface area (TPSA) is 74.1 Å². The Balaban J connectivity index is 1.87. The predicted molar refractivity (Wildman–Crippen MR) is 56.6 cm³/mol. The molecular formula is C8H15N2O5P. The Kier molecular flexibility index (Phi) is 3.71. The summed E-state index contributed by atoms with van der Waals surface area (Å²) in [5, 5.41) is 10.8. The van der Waals surface area contributed by atoms with Gasteiger partial charge in [-0.1, -0.05) is 0 Å². The molecule has 0 aromatic heterocycles. The first-order valence-electron chi connectivity index (χ1n) is 5.15. The van der Waals surface area contributed by atoms with Crippen LogP contribution in [0, 0.1) is 10.1 Å². The summed E-state index contributed by atoms with van der Waals surface area (Å²) < 4.78 is 18.2. The Bertz CT molecular complexity index is 263. The zero-order chi connectivity index (χ0) is 11.6. The first kappa shape index (κ1) is 12.1. The van der Waals surface area contributed by atoms with E-state index >= 15 is 0 Å². The molecule has 0 aliphatic carbocycles. The minimum atomic E-state index is -1.12. The van der Waals surface area contributed by atoms with E-state index in [4.69, 9.17) is 13.8 Å². The highest BCUT2D eigenvalue weighted by Gasteiger charge is 2.45. The van der Waals surface area contributed by atoms with Gasteiger partial charge in [-0.05, 0) is 0 Å². The van der Waals surface area contributed by atoms with Crippen LogP contribution in [0.1, 0.15) is 6.92 Å². The number of ether oxygens (including phenoxy) is 1. The second kappa shape index (κ2) is 4.89.